The zero-order chi connectivity index (χ0) is 52.7. The Labute approximate surface area is 438 Å². The largest absolute Gasteiger partial charge is 0.496 e. The average molecular weight is 1020 g/mol. The monoisotopic (exact) mass is 1020 g/mol. The normalized spacial score (nSPS) is 31.4. The molecule has 2 bridgehead atoms. The lowest BCUT2D eigenvalue weighted by molar-refractivity contribution is -0.228. The van der Waals surface area contributed by atoms with Gasteiger partial charge < -0.3 is 48.9 Å². The summed E-state index contributed by atoms with van der Waals surface area (Å²) >= 11 is 0. The molecule has 10 atom stereocenters. The van der Waals surface area contributed by atoms with Crippen LogP contribution >= 0.6 is 0 Å². The lowest BCUT2D eigenvalue weighted by atomic mass is 9.47. The first-order valence-corrected chi connectivity index (χ1v) is 26.5. The van der Waals surface area contributed by atoms with E-state index >= 15 is 4.79 Å². The molecule has 1 aromatic heterocycles. The van der Waals surface area contributed by atoms with Gasteiger partial charge in [-0.1, -0.05) is 74.5 Å². The first kappa shape index (κ1) is 50.5. The Kier molecular flexibility index (Phi) is 12.7. The molecule has 1 spiro atoms. The predicted molar refractivity (Wildman–Crippen MR) is 283 cm³/mol. The topological polar surface area (TPSA) is 172 Å². The number of nitrogens with one attached hydrogen (secondary N) is 2. The number of nitrogens with zero attached hydrogens (tertiary/aromatic N) is 3. The number of hydrogen-bond donors (Lipinski definition) is 3. The van der Waals surface area contributed by atoms with Crippen LogP contribution in [-0.4, -0.2) is 134 Å². The average Bonchev–Trinajstić information content (AvgIpc) is 4.26. The first-order chi connectivity index (χ1) is 36.2. The quantitative estimate of drug-likeness (QED) is 0.0663. The summed E-state index contributed by atoms with van der Waals surface area (Å²) in [6.07, 6.45) is 5.90. The third-order valence-corrected chi connectivity index (χ3v) is 18.4. The fraction of sp³-hybridized carbons (Fsp3) is 0.467. The predicted octanol–water partition coefficient (Wildman–Crippen LogP) is 7.01. The number of benzene rings is 4. The molecular formula is C60H69N5O10. The second-order valence-corrected chi connectivity index (χ2v) is 22.0. The van der Waals surface area contributed by atoms with Crippen molar-refractivity contribution in [2.45, 2.75) is 106 Å². The maximum absolute atomic E-state index is 15.8. The van der Waals surface area contributed by atoms with Gasteiger partial charge in [-0.15, -0.1) is 0 Å². The second kappa shape index (κ2) is 18.9. The molecule has 2 saturated heterocycles. The van der Waals surface area contributed by atoms with E-state index in [1.54, 1.807) is 19.2 Å². The van der Waals surface area contributed by atoms with Crippen molar-refractivity contribution in [1.29, 1.82) is 0 Å². The van der Waals surface area contributed by atoms with Crippen LogP contribution in [0.15, 0.2) is 103 Å². The summed E-state index contributed by atoms with van der Waals surface area (Å²) in [6, 6.07) is 28.1. The number of para-hydroxylation sites is 1. The van der Waals surface area contributed by atoms with Crippen LogP contribution in [0.5, 0.6) is 11.5 Å². The van der Waals surface area contributed by atoms with Gasteiger partial charge in [0.05, 0.1) is 32.9 Å². The van der Waals surface area contributed by atoms with E-state index in [0.717, 1.165) is 39.0 Å². The Morgan fingerprint density at radius 3 is 2.31 bits per heavy atom. The number of aliphatic hydroxyl groups is 1. The number of fused-ring (bicyclic) bond motifs is 6. The second-order valence-electron chi connectivity index (χ2n) is 22.0. The van der Waals surface area contributed by atoms with Crippen LogP contribution in [0.1, 0.15) is 91.2 Å². The van der Waals surface area contributed by atoms with E-state index in [2.05, 4.69) is 51.3 Å². The Balaban J connectivity index is 1.06. The number of hydrogen-bond acceptors (Lipinski definition) is 13. The zero-order valence-corrected chi connectivity index (χ0v) is 44.1. The molecule has 3 fully saturated rings. The molecule has 75 heavy (non-hydrogen) atoms. The van der Waals surface area contributed by atoms with E-state index in [0.29, 0.717) is 100 Å². The minimum absolute atomic E-state index is 0.155. The number of anilines is 1. The summed E-state index contributed by atoms with van der Waals surface area (Å²) < 4.78 is 30.4. The fourth-order valence-electron chi connectivity index (χ4n) is 15.5. The van der Waals surface area contributed by atoms with E-state index in [1.807, 2.05) is 85.6 Å². The van der Waals surface area contributed by atoms with Gasteiger partial charge in [0.15, 0.2) is 6.10 Å². The van der Waals surface area contributed by atoms with Crippen molar-refractivity contribution < 1.29 is 48.0 Å². The smallest absolute Gasteiger partial charge is 0.344 e. The number of likely N-dealkylation sites (N-methyl/N-ethyl adjacent to an activating group) is 1. The molecule has 1 saturated carbocycles. The summed E-state index contributed by atoms with van der Waals surface area (Å²) in [4.78, 5) is 68.7. The molecule has 6 heterocycles. The number of esters is 3. The van der Waals surface area contributed by atoms with Gasteiger partial charge in [0, 0.05) is 96.5 Å². The molecule has 6 aliphatic rings. The molecule has 5 aliphatic heterocycles. The molecule has 11 rings (SSSR count). The van der Waals surface area contributed by atoms with Crippen LogP contribution < -0.4 is 19.7 Å². The minimum Gasteiger partial charge on any atom is -0.496 e. The number of carbonyl (C=O) groups is 4. The van der Waals surface area contributed by atoms with Crippen molar-refractivity contribution in [1.82, 2.24) is 20.1 Å². The van der Waals surface area contributed by atoms with Crippen LogP contribution in [0.2, 0.25) is 0 Å². The highest BCUT2D eigenvalue weighted by Crippen LogP contribution is 2.68. The fourth-order valence-corrected chi connectivity index (χ4v) is 15.5. The van der Waals surface area contributed by atoms with Gasteiger partial charge in [0.25, 0.3) is 5.91 Å². The Bertz CT molecular complexity index is 3090. The van der Waals surface area contributed by atoms with Gasteiger partial charge in [-0.2, -0.15) is 0 Å². The lowest BCUT2D eigenvalue weighted by Crippen LogP contribution is -2.81. The SMILES string of the molecule is CC[C@]1(NC(=O)c2ccc(OCc3ccccc3)cc2)C[C@H]2CN(CCc3c([nH]c4ccccc34)[C@@](C(=O)OC)(c3cc4c(cc3OC)N(C)[C@H]3[C@@](O)(C(=O)OC)[C@H](OC(C)=O)[C@]5(CC)C=CCN6CC[C@]43[C@@H]65)C2)C1. The van der Waals surface area contributed by atoms with Gasteiger partial charge >= 0.3 is 17.9 Å². The number of H-pyrrole nitrogens is 1. The molecule has 1 unspecified atom stereocenters. The first-order valence-electron chi connectivity index (χ1n) is 26.5. The molecule has 0 radical (unpaired) electrons. The summed E-state index contributed by atoms with van der Waals surface area (Å²) in [5, 5.41) is 18.1. The molecule has 1 amide bonds. The van der Waals surface area contributed by atoms with Gasteiger partial charge in [-0.25, -0.2) is 4.79 Å². The lowest BCUT2D eigenvalue weighted by Gasteiger charge is -2.63. The number of ether oxygens (including phenoxy) is 5. The highest BCUT2D eigenvalue weighted by molar-refractivity contribution is 5.96. The van der Waals surface area contributed by atoms with Crippen molar-refractivity contribution in [3.05, 3.63) is 137 Å². The van der Waals surface area contributed by atoms with Crippen molar-refractivity contribution in [3.63, 3.8) is 0 Å². The standard InChI is InChI=1S/C60H69N5O10/c1-8-56(62-50(67)40-20-22-41(23-21-40)74-35-38-16-11-10-12-17-38)32-39-33-59(54(68)72-6,49-43(24-28-64(34-39)36-56)42-18-13-14-19-46(42)61-49)45-30-44-47(31-48(45)71-5)63(4)52-58(44)26-29-65-27-15-25-57(9-2,51(58)65)53(75-37(3)66)60(52,70)55(69)73-7/h10-23,25,30-31,39,51-53,61,70H,8-9,24,26-29,32-36H2,1-7H3,(H,62,67)/t39-,51+,52-,53-,56+,57-,58-,59+,60+/m1/s1. The number of rotatable bonds is 12. The van der Waals surface area contributed by atoms with Crippen molar-refractivity contribution >= 4 is 40.4 Å². The Morgan fingerprint density at radius 1 is 0.853 bits per heavy atom. The third-order valence-electron chi connectivity index (χ3n) is 18.4. The number of piperidine rings is 1. The van der Waals surface area contributed by atoms with E-state index < -0.39 is 57.4 Å². The van der Waals surface area contributed by atoms with E-state index in [4.69, 9.17) is 23.7 Å². The molecule has 4 aromatic carbocycles. The number of methoxy groups -OCH3 is 3. The third kappa shape index (κ3) is 7.53. The van der Waals surface area contributed by atoms with Gasteiger partial charge in [0.2, 0.25) is 5.60 Å². The Morgan fingerprint density at radius 2 is 1.60 bits per heavy atom. The minimum atomic E-state index is -2.34. The number of amides is 1. The highest BCUT2D eigenvalue weighted by atomic mass is 16.6. The van der Waals surface area contributed by atoms with E-state index in [-0.39, 0.29) is 17.9 Å². The zero-order valence-electron chi connectivity index (χ0n) is 44.1. The summed E-state index contributed by atoms with van der Waals surface area (Å²) in [5.74, 6) is -1.21. The molecule has 15 heteroatoms. The highest BCUT2D eigenvalue weighted by Gasteiger charge is 2.80. The molecule has 1 aliphatic carbocycles. The van der Waals surface area contributed by atoms with Gasteiger partial charge in [-0.3, -0.25) is 19.3 Å². The van der Waals surface area contributed by atoms with Crippen LogP contribution in [0.4, 0.5) is 5.69 Å². The van der Waals surface area contributed by atoms with Crippen LogP contribution in [0, 0.1) is 11.3 Å². The summed E-state index contributed by atoms with van der Waals surface area (Å²) in [5.41, 5.74) is -0.127. The van der Waals surface area contributed by atoms with E-state index in [9.17, 15) is 19.5 Å². The summed E-state index contributed by atoms with van der Waals surface area (Å²) in [7, 11) is 6.16. The van der Waals surface area contributed by atoms with Crippen molar-refractivity contribution in [2.75, 3.05) is 66.0 Å². The molecule has 394 valence electrons. The van der Waals surface area contributed by atoms with Gasteiger partial charge in [-0.05, 0) is 104 Å². The number of aromatic amines is 1. The molecule has 3 N–H and O–H groups in total. The molecular weight excluding hydrogens is 951 g/mol. The van der Waals surface area contributed by atoms with Crippen molar-refractivity contribution in [3.8, 4) is 11.5 Å². The number of aromatic nitrogens is 1. The van der Waals surface area contributed by atoms with Crippen LogP contribution in [0.3, 0.4) is 0 Å². The van der Waals surface area contributed by atoms with Gasteiger partial charge in [0.1, 0.15) is 23.5 Å². The number of carbonyl (C=O) groups excluding carboxylic acids is 4. The molecule has 15 nitrogen and oxygen atoms in total. The maximum Gasteiger partial charge on any atom is 0.344 e. The maximum atomic E-state index is 15.8. The van der Waals surface area contributed by atoms with Crippen LogP contribution in [-0.2, 0) is 52.5 Å². The summed E-state index contributed by atoms with van der Waals surface area (Å²) in [6.45, 7) is 9.07. The van der Waals surface area contributed by atoms with E-state index in [1.165, 1.54) is 21.1 Å². The molecule has 5 aromatic rings. The van der Waals surface area contributed by atoms with Crippen LogP contribution in [0.25, 0.3) is 10.9 Å². The Hall–Kier alpha value is -6.68. The van der Waals surface area contributed by atoms with Crippen molar-refractivity contribution in [2.24, 2.45) is 11.3 Å².